The second-order valence-corrected chi connectivity index (χ2v) is 6.72. The molecule has 18 heavy (non-hydrogen) atoms. The summed E-state index contributed by atoms with van der Waals surface area (Å²) >= 11 is 0. The van der Waals surface area contributed by atoms with Crippen molar-refractivity contribution < 1.29 is 8.42 Å². The van der Waals surface area contributed by atoms with Crippen molar-refractivity contribution in [2.75, 3.05) is 12.8 Å². The molecule has 2 unspecified atom stereocenters. The Balaban J connectivity index is 2.91. The summed E-state index contributed by atoms with van der Waals surface area (Å²) in [6.07, 6.45) is 2.29. The van der Waals surface area contributed by atoms with Crippen LogP contribution >= 0.6 is 0 Å². The Kier molecular flexibility index (Phi) is 5.35. The van der Waals surface area contributed by atoms with Crippen molar-refractivity contribution >= 4 is 9.84 Å². The number of hydrogen-bond donors (Lipinski definition) is 1. The molecule has 1 aromatic rings. The highest BCUT2D eigenvalue weighted by molar-refractivity contribution is 7.90. The van der Waals surface area contributed by atoms with E-state index in [1.54, 1.807) is 12.1 Å². The number of hydrogen-bond acceptors (Lipinski definition) is 3. The molecule has 1 N–H and O–H groups in total. The minimum Gasteiger partial charge on any atom is -0.314 e. The predicted molar refractivity (Wildman–Crippen MR) is 75.7 cm³/mol. The zero-order valence-corrected chi connectivity index (χ0v) is 12.4. The van der Waals surface area contributed by atoms with Crippen molar-refractivity contribution in [1.82, 2.24) is 5.32 Å². The molecule has 102 valence electrons. The van der Waals surface area contributed by atoms with Crippen molar-refractivity contribution in [3.05, 3.63) is 29.8 Å². The van der Waals surface area contributed by atoms with Crippen LogP contribution < -0.4 is 5.32 Å². The molecule has 0 spiro atoms. The Hall–Kier alpha value is -0.870. The van der Waals surface area contributed by atoms with Gasteiger partial charge in [-0.1, -0.05) is 32.9 Å². The Labute approximate surface area is 111 Å². The van der Waals surface area contributed by atoms with Gasteiger partial charge >= 0.3 is 0 Å². The van der Waals surface area contributed by atoms with Gasteiger partial charge < -0.3 is 5.32 Å². The summed E-state index contributed by atoms with van der Waals surface area (Å²) in [5.74, 6) is 0.378. The summed E-state index contributed by atoms with van der Waals surface area (Å²) in [5.41, 5.74) is 1.18. The summed E-state index contributed by atoms with van der Waals surface area (Å²) < 4.78 is 22.8. The van der Waals surface area contributed by atoms with Gasteiger partial charge in [0.1, 0.15) is 0 Å². The van der Waals surface area contributed by atoms with E-state index in [4.69, 9.17) is 0 Å². The smallest absolute Gasteiger partial charge is 0.175 e. The van der Waals surface area contributed by atoms with E-state index in [1.807, 2.05) is 12.1 Å². The van der Waals surface area contributed by atoms with Crippen molar-refractivity contribution in [1.29, 1.82) is 0 Å². The summed E-state index contributed by atoms with van der Waals surface area (Å²) in [4.78, 5) is 0.384. The minimum atomic E-state index is -3.10. The third kappa shape index (κ3) is 3.82. The number of nitrogens with one attached hydrogen (secondary N) is 1. The highest BCUT2D eigenvalue weighted by Gasteiger charge is 2.16. The minimum absolute atomic E-state index is 0.378. The fraction of sp³-hybridized carbons (Fsp3) is 0.571. The average Bonchev–Trinajstić information content (AvgIpc) is 2.34. The lowest BCUT2D eigenvalue weighted by molar-refractivity contribution is 0.448. The number of benzene rings is 1. The Morgan fingerprint density at radius 2 is 1.72 bits per heavy atom. The SMILES string of the molecule is CCNC(CC)C(C)c1ccc(S(C)(=O)=O)cc1. The van der Waals surface area contributed by atoms with Crippen LogP contribution in [-0.2, 0) is 9.84 Å². The van der Waals surface area contributed by atoms with Crippen LogP contribution in [0, 0.1) is 0 Å². The maximum Gasteiger partial charge on any atom is 0.175 e. The van der Waals surface area contributed by atoms with Gasteiger partial charge in [-0.2, -0.15) is 0 Å². The van der Waals surface area contributed by atoms with E-state index in [2.05, 4.69) is 26.1 Å². The molecule has 0 aliphatic rings. The second-order valence-electron chi connectivity index (χ2n) is 4.70. The van der Waals surface area contributed by atoms with Crippen molar-refractivity contribution in [2.24, 2.45) is 0 Å². The van der Waals surface area contributed by atoms with Crippen LogP contribution in [0.1, 0.15) is 38.7 Å². The fourth-order valence-electron chi connectivity index (χ4n) is 2.19. The van der Waals surface area contributed by atoms with Gasteiger partial charge in [-0.15, -0.1) is 0 Å². The molecule has 3 nitrogen and oxygen atoms in total. The monoisotopic (exact) mass is 269 g/mol. The summed E-state index contributed by atoms with van der Waals surface area (Å²) in [6, 6.07) is 7.65. The lowest BCUT2D eigenvalue weighted by Crippen LogP contribution is -2.32. The summed E-state index contributed by atoms with van der Waals surface area (Å²) in [7, 11) is -3.10. The first-order valence-electron chi connectivity index (χ1n) is 6.43. The number of likely N-dealkylation sites (N-methyl/N-ethyl adjacent to an activating group) is 1. The van der Waals surface area contributed by atoms with E-state index >= 15 is 0 Å². The topological polar surface area (TPSA) is 46.2 Å². The van der Waals surface area contributed by atoms with Gasteiger partial charge in [0.15, 0.2) is 9.84 Å². The molecular weight excluding hydrogens is 246 g/mol. The normalized spacial score (nSPS) is 15.3. The Morgan fingerprint density at radius 1 is 1.17 bits per heavy atom. The van der Waals surface area contributed by atoms with E-state index in [-0.39, 0.29) is 0 Å². The molecule has 0 radical (unpaired) electrons. The molecule has 1 rings (SSSR count). The van der Waals surface area contributed by atoms with Crippen LogP contribution in [0.5, 0.6) is 0 Å². The Morgan fingerprint density at radius 3 is 2.11 bits per heavy atom. The van der Waals surface area contributed by atoms with Crippen LogP contribution in [-0.4, -0.2) is 27.3 Å². The zero-order valence-electron chi connectivity index (χ0n) is 11.6. The molecule has 0 heterocycles. The van der Waals surface area contributed by atoms with Crippen LogP contribution in [0.2, 0.25) is 0 Å². The maximum atomic E-state index is 11.4. The van der Waals surface area contributed by atoms with Gasteiger partial charge in [-0.3, -0.25) is 0 Å². The first-order valence-corrected chi connectivity index (χ1v) is 8.32. The molecule has 0 bridgehead atoms. The van der Waals surface area contributed by atoms with E-state index < -0.39 is 9.84 Å². The lowest BCUT2D eigenvalue weighted by Gasteiger charge is -2.24. The first kappa shape index (κ1) is 15.2. The molecule has 2 atom stereocenters. The molecule has 0 amide bonds. The van der Waals surface area contributed by atoms with Crippen molar-refractivity contribution in [2.45, 2.75) is 44.0 Å². The van der Waals surface area contributed by atoms with Crippen molar-refractivity contribution in [3.63, 3.8) is 0 Å². The summed E-state index contributed by atoms with van der Waals surface area (Å²) in [6.45, 7) is 7.38. The molecule has 0 fully saturated rings. The largest absolute Gasteiger partial charge is 0.314 e. The quantitative estimate of drug-likeness (QED) is 0.863. The highest BCUT2D eigenvalue weighted by atomic mass is 32.2. The van der Waals surface area contributed by atoms with Gasteiger partial charge in [-0.25, -0.2) is 8.42 Å². The molecule has 4 heteroatoms. The standard InChI is InChI=1S/C14H23NO2S/c1-5-14(15-6-2)11(3)12-7-9-13(10-8-12)18(4,16)17/h7-11,14-15H,5-6H2,1-4H3. The zero-order chi connectivity index (χ0) is 13.8. The van der Waals surface area contributed by atoms with Crippen molar-refractivity contribution in [3.8, 4) is 0 Å². The maximum absolute atomic E-state index is 11.4. The van der Waals surface area contributed by atoms with E-state index in [1.165, 1.54) is 11.8 Å². The molecule has 1 aromatic carbocycles. The van der Waals surface area contributed by atoms with E-state index in [0.717, 1.165) is 13.0 Å². The highest BCUT2D eigenvalue weighted by Crippen LogP contribution is 2.22. The predicted octanol–water partition coefficient (Wildman–Crippen LogP) is 2.58. The third-order valence-electron chi connectivity index (χ3n) is 3.34. The van der Waals surface area contributed by atoms with Crippen LogP contribution in [0.3, 0.4) is 0 Å². The van der Waals surface area contributed by atoms with Crippen LogP contribution in [0.4, 0.5) is 0 Å². The number of sulfone groups is 1. The van der Waals surface area contributed by atoms with E-state index in [9.17, 15) is 8.42 Å². The van der Waals surface area contributed by atoms with Gasteiger partial charge in [0.2, 0.25) is 0 Å². The fourth-order valence-corrected chi connectivity index (χ4v) is 2.82. The molecule has 0 aliphatic heterocycles. The van der Waals surface area contributed by atoms with Crippen LogP contribution in [0.25, 0.3) is 0 Å². The van der Waals surface area contributed by atoms with Gasteiger partial charge in [0, 0.05) is 12.3 Å². The van der Waals surface area contributed by atoms with Gasteiger partial charge in [0.25, 0.3) is 0 Å². The molecule has 0 saturated carbocycles. The summed E-state index contributed by atoms with van der Waals surface area (Å²) in [5, 5.41) is 3.46. The molecule has 0 aromatic heterocycles. The second kappa shape index (κ2) is 6.34. The lowest BCUT2D eigenvalue weighted by atomic mass is 9.92. The first-order chi connectivity index (χ1) is 8.40. The average molecular weight is 269 g/mol. The molecule has 0 saturated heterocycles. The molecular formula is C14H23NO2S. The third-order valence-corrected chi connectivity index (χ3v) is 4.47. The van der Waals surface area contributed by atoms with E-state index in [0.29, 0.717) is 16.9 Å². The van der Waals surface area contributed by atoms with Gasteiger partial charge in [0.05, 0.1) is 4.90 Å². The van der Waals surface area contributed by atoms with Gasteiger partial charge in [-0.05, 0) is 36.6 Å². The Bertz CT molecular complexity index is 465. The number of rotatable bonds is 6. The van der Waals surface area contributed by atoms with Crippen LogP contribution in [0.15, 0.2) is 29.2 Å². The molecule has 0 aliphatic carbocycles.